The predicted molar refractivity (Wildman–Crippen MR) is 115 cm³/mol. The molecule has 0 aliphatic carbocycles. The van der Waals surface area contributed by atoms with Crippen LogP contribution in [0.15, 0.2) is 35.1 Å². The van der Waals surface area contributed by atoms with E-state index in [1.54, 1.807) is 7.11 Å². The van der Waals surface area contributed by atoms with Crippen molar-refractivity contribution >= 4 is 23.0 Å². The number of ether oxygens (including phenoxy) is 1. The van der Waals surface area contributed by atoms with Crippen LogP contribution >= 0.6 is 11.6 Å². The lowest BCUT2D eigenvalue weighted by Crippen LogP contribution is -2.47. The topological polar surface area (TPSA) is 82.9 Å². The summed E-state index contributed by atoms with van der Waals surface area (Å²) in [5.41, 5.74) is 1.29. The summed E-state index contributed by atoms with van der Waals surface area (Å²) in [6.07, 6.45) is 0.911. The second-order valence-corrected chi connectivity index (χ2v) is 7.30. The standard InChI is InChI=1S/C20H28ClN5O3/c1-29-18-6-3-2-5-17(18)25-11-9-24(10-12-25)8-4-7-22-16-15-19(21)23-26(13-14-27)20(16)28/h2-3,5-6,15,22,27H,4,7-14H2,1H3. The van der Waals surface area contributed by atoms with E-state index in [1.165, 1.54) is 10.7 Å². The fraction of sp³-hybridized carbons (Fsp3) is 0.500. The number of halogens is 1. The summed E-state index contributed by atoms with van der Waals surface area (Å²) in [6.45, 7) is 5.49. The number of rotatable bonds is 9. The summed E-state index contributed by atoms with van der Waals surface area (Å²) in [4.78, 5) is 17.1. The molecule has 2 heterocycles. The van der Waals surface area contributed by atoms with Crippen molar-refractivity contribution in [1.82, 2.24) is 14.7 Å². The normalized spacial score (nSPS) is 14.8. The fourth-order valence-corrected chi connectivity index (χ4v) is 3.71. The number of nitrogens with zero attached hydrogens (tertiary/aromatic N) is 4. The fourth-order valence-electron chi connectivity index (χ4n) is 3.51. The summed E-state index contributed by atoms with van der Waals surface area (Å²) in [5.74, 6) is 0.910. The minimum absolute atomic E-state index is 0.130. The molecule has 0 radical (unpaired) electrons. The molecule has 1 aliphatic rings. The second-order valence-electron chi connectivity index (χ2n) is 6.91. The lowest BCUT2D eigenvalue weighted by molar-refractivity contribution is 0.256. The Kier molecular flexibility index (Phi) is 7.74. The zero-order valence-electron chi connectivity index (χ0n) is 16.7. The first-order valence-corrected chi connectivity index (χ1v) is 10.2. The van der Waals surface area contributed by atoms with Crippen molar-refractivity contribution in [3.63, 3.8) is 0 Å². The van der Waals surface area contributed by atoms with Gasteiger partial charge in [-0.2, -0.15) is 5.10 Å². The molecule has 0 unspecified atom stereocenters. The second kappa shape index (κ2) is 10.5. The third-order valence-corrected chi connectivity index (χ3v) is 5.21. The number of benzene rings is 1. The average molecular weight is 422 g/mol. The van der Waals surface area contributed by atoms with Crippen molar-refractivity contribution in [3.8, 4) is 5.75 Å². The average Bonchev–Trinajstić information content (AvgIpc) is 2.74. The van der Waals surface area contributed by atoms with Gasteiger partial charge in [0.25, 0.3) is 5.56 Å². The van der Waals surface area contributed by atoms with Crippen LogP contribution in [0.1, 0.15) is 6.42 Å². The number of anilines is 2. The van der Waals surface area contributed by atoms with Gasteiger partial charge in [-0.3, -0.25) is 9.69 Å². The van der Waals surface area contributed by atoms with E-state index in [0.29, 0.717) is 12.2 Å². The number of para-hydroxylation sites is 2. The maximum Gasteiger partial charge on any atom is 0.290 e. The van der Waals surface area contributed by atoms with Gasteiger partial charge in [-0.1, -0.05) is 23.7 Å². The summed E-state index contributed by atoms with van der Waals surface area (Å²) in [7, 11) is 1.71. The van der Waals surface area contributed by atoms with E-state index in [9.17, 15) is 4.79 Å². The van der Waals surface area contributed by atoms with Crippen molar-refractivity contribution in [2.24, 2.45) is 0 Å². The minimum atomic E-state index is -0.270. The van der Waals surface area contributed by atoms with Gasteiger partial charge in [-0.15, -0.1) is 0 Å². The van der Waals surface area contributed by atoms with Gasteiger partial charge >= 0.3 is 0 Å². The molecule has 0 bridgehead atoms. The van der Waals surface area contributed by atoms with Gasteiger partial charge in [0.05, 0.1) is 25.9 Å². The van der Waals surface area contributed by atoms with E-state index >= 15 is 0 Å². The molecule has 0 saturated carbocycles. The summed E-state index contributed by atoms with van der Waals surface area (Å²) < 4.78 is 6.65. The zero-order chi connectivity index (χ0) is 20.6. The lowest BCUT2D eigenvalue weighted by Gasteiger charge is -2.36. The number of aliphatic hydroxyl groups excluding tert-OH is 1. The van der Waals surface area contributed by atoms with Gasteiger partial charge in [0, 0.05) is 38.8 Å². The van der Waals surface area contributed by atoms with Crippen LogP contribution in [0.5, 0.6) is 5.75 Å². The molecule has 0 amide bonds. The molecule has 1 saturated heterocycles. The molecular formula is C20H28ClN5O3. The smallest absolute Gasteiger partial charge is 0.290 e. The van der Waals surface area contributed by atoms with Gasteiger partial charge in [-0.25, -0.2) is 4.68 Å². The SMILES string of the molecule is COc1ccccc1N1CCN(CCCNc2cc(Cl)nn(CCO)c2=O)CC1. The van der Waals surface area contributed by atoms with Crippen molar-refractivity contribution in [3.05, 3.63) is 45.8 Å². The number of aromatic nitrogens is 2. The van der Waals surface area contributed by atoms with Crippen molar-refractivity contribution in [2.75, 3.05) is 63.2 Å². The van der Waals surface area contributed by atoms with Crippen molar-refractivity contribution < 1.29 is 9.84 Å². The van der Waals surface area contributed by atoms with Crippen LogP contribution in [0.2, 0.25) is 5.15 Å². The maximum atomic E-state index is 12.3. The molecule has 1 aromatic carbocycles. The Labute approximate surface area is 175 Å². The van der Waals surface area contributed by atoms with Crippen LogP contribution in [-0.2, 0) is 6.54 Å². The van der Waals surface area contributed by atoms with Crippen LogP contribution in [0.4, 0.5) is 11.4 Å². The number of nitrogens with one attached hydrogen (secondary N) is 1. The monoisotopic (exact) mass is 421 g/mol. The number of piperazine rings is 1. The van der Waals surface area contributed by atoms with Crippen LogP contribution in [-0.4, -0.2) is 72.8 Å². The van der Waals surface area contributed by atoms with Crippen LogP contribution < -0.4 is 20.5 Å². The molecule has 9 heteroatoms. The quantitative estimate of drug-likeness (QED) is 0.594. The summed E-state index contributed by atoms with van der Waals surface area (Å²) in [5, 5.41) is 16.3. The predicted octanol–water partition coefficient (Wildman–Crippen LogP) is 1.52. The Hall–Kier alpha value is -2.29. The highest BCUT2D eigenvalue weighted by molar-refractivity contribution is 6.29. The van der Waals surface area contributed by atoms with Gasteiger partial charge in [-0.05, 0) is 25.1 Å². The Balaban J connectivity index is 1.44. The highest BCUT2D eigenvalue weighted by Crippen LogP contribution is 2.28. The van der Waals surface area contributed by atoms with E-state index in [-0.39, 0.29) is 23.9 Å². The van der Waals surface area contributed by atoms with E-state index in [1.807, 2.05) is 18.2 Å². The molecule has 2 aromatic rings. The first kappa shape index (κ1) is 21.4. The van der Waals surface area contributed by atoms with Crippen molar-refractivity contribution in [2.45, 2.75) is 13.0 Å². The zero-order valence-corrected chi connectivity index (χ0v) is 17.4. The molecule has 3 rings (SSSR count). The molecule has 158 valence electrons. The van der Waals surface area contributed by atoms with Crippen LogP contribution in [0.3, 0.4) is 0 Å². The molecule has 0 atom stereocenters. The lowest BCUT2D eigenvalue weighted by atomic mass is 10.2. The molecule has 0 spiro atoms. The highest BCUT2D eigenvalue weighted by Gasteiger charge is 2.19. The molecule has 29 heavy (non-hydrogen) atoms. The summed E-state index contributed by atoms with van der Waals surface area (Å²) in [6, 6.07) is 9.65. The van der Waals surface area contributed by atoms with E-state index in [2.05, 4.69) is 26.3 Å². The molecule has 8 nitrogen and oxygen atoms in total. The van der Waals surface area contributed by atoms with Gasteiger partial charge in [0.15, 0.2) is 5.15 Å². The van der Waals surface area contributed by atoms with E-state index in [0.717, 1.165) is 50.6 Å². The van der Waals surface area contributed by atoms with Gasteiger partial charge in [0.1, 0.15) is 11.4 Å². The molecule has 1 fully saturated rings. The van der Waals surface area contributed by atoms with E-state index < -0.39 is 0 Å². The summed E-state index contributed by atoms with van der Waals surface area (Å²) >= 11 is 5.96. The molecule has 1 aliphatic heterocycles. The number of methoxy groups -OCH3 is 1. The molecule has 2 N–H and O–H groups in total. The van der Waals surface area contributed by atoms with Crippen molar-refractivity contribution in [1.29, 1.82) is 0 Å². The van der Waals surface area contributed by atoms with Gasteiger partial charge in [0.2, 0.25) is 0 Å². The number of hydrogen-bond donors (Lipinski definition) is 2. The van der Waals surface area contributed by atoms with Crippen LogP contribution in [0.25, 0.3) is 0 Å². The first-order chi connectivity index (χ1) is 14.1. The Bertz CT molecular complexity index is 852. The van der Waals surface area contributed by atoms with E-state index in [4.69, 9.17) is 21.4 Å². The molecule has 1 aromatic heterocycles. The number of aliphatic hydroxyl groups is 1. The number of hydrogen-bond acceptors (Lipinski definition) is 7. The largest absolute Gasteiger partial charge is 0.495 e. The Morgan fingerprint density at radius 3 is 2.69 bits per heavy atom. The van der Waals surface area contributed by atoms with Crippen LogP contribution in [0, 0.1) is 0 Å². The first-order valence-electron chi connectivity index (χ1n) is 9.85. The third-order valence-electron chi connectivity index (χ3n) is 5.02. The minimum Gasteiger partial charge on any atom is -0.495 e. The third kappa shape index (κ3) is 5.62. The Morgan fingerprint density at radius 1 is 1.21 bits per heavy atom. The maximum absolute atomic E-state index is 12.3. The molecular weight excluding hydrogens is 394 g/mol. The Morgan fingerprint density at radius 2 is 1.97 bits per heavy atom. The highest BCUT2D eigenvalue weighted by atomic mass is 35.5. The van der Waals surface area contributed by atoms with Gasteiger partial charge < -0.3 is 20.1 Å².